The fourth-order valence-electron chi connectivity index (χ4n) is 0.704. The zero-order valence-electron chi connectivity index (χ0n) is 5.16. The van der Waals surface area contributed by atoms with Crippen molar-refractivity contribution in [2.75, 3.05) is 0 Å². The van der Waals surface area contributed by atoms with Crippen molar-refractivity contribution in [3.05, 3.63) is 0 Å². The van der Waals surface area contributed by atoms with Crippen LogP contribution in [0.4, 0.5) is 8.78 Å². The lowest BCUT2D eigenvalue weighted by Gasteiger charge is -2.05. The number of carbonyl (C=O) groups is 1. The summed E-state index contributed by atoms with van der Waals surface area (Å²) >= 11 is 0. The summed E-state index contributed by atoms with van der Waals surface area (Å²) in [6.07, 6.45) is 1.31. The first kappa shape index (κ1) is 6.65. The van der Waals surface area contributed by atoms with Gasteiger partial charge in [0.25, 0.3) is 0 Å². The second-order valence-corrected chi connectivity index (χ2v) is 2.53. The minimum atomic E-state index is -3.10. The molecule has 1 fully saturated rings. The molecule has 0 saturated heterocycles. The first-order valence-electron chi connectivity index (χ1n) is 2.94. The van der Waals surface area contributed by atoms with E-state index in [1.165, 1.54) is 0 Å². The lowest BCUT2D eigenvalue weighted by atomic mass is 10.2. The van der Waals surface area contributed by atoms with Crippen molar-refractivity contribution in [2.24, 2.45) is 5.92 Å². The molecule has 0 aromatic rings. The van der Waals surface area contributed by atoms with E-state index >= 15 is 0 Å². The second-order valence-electron chi connectivity index (χ2n) is 2.53. The maximum Gasteiger partial charge on any atom is 0.302 e. The largest absolute Gasteiger partial charge is 0.302 e. The quantitative estimate of drug-likeness (QED) is 0.560. The third kappa shape index (κ3) is 1.47. The molecule has 0 heterocycles. The number of halogens is 2. The fourth-order valence-corrected chi connectivity index (χ4v) is 0.704. The molecule has 1 aliphatic carbocycles. The van der Waals surface area contributed by atoms with E-state index < -0.39 is 11.7 Å². The zero-order chi connectivity index (χ0) is 7.07. The van der Waals surface area contributed by atoms with E-state index in [4.69, 9.17) is 0 Å². The van der Waals surface area contributed by atoms with Crippen molar-refractivity contribution in [1.82, 2.24) is 0 Å². The van der Waals surface area contributed by atoms with Gasteiger partial charge in [0.1, 0.15) is 0 Å². The molecule has 52 valence electrons. The van der Waals surface area contributed by atoms with Crippen LogP contribution < -0.4 is 0 Å². The van der Waals surface area contributed by atoms with Crippen molar-refractivity contribution in [2.45, 2.75) is 25.7 Å². The minimum Gasteiger partial charge on any atom is -0.293 e. The number of hydrogen-bond donors (Lipinski definition) is 0. The normalized spacial score (nSPS) is 19.9. The maximum absolute atomic E-state index is 12.1. The molecule has 0 aromatic carbocycles. The van der Waals surface area contributed by atoms with E-state index in [9.17, 15) is 13.6 Å². The number of rotatable bonds is 2. The molecule has 0 radical (unpaired) electrons. The molecule has 0 atom stereocenters. The van der Waals surface area contributed by atoms with E-state index in [0.717, 1.165) is 0 Å². The molecule has 0 bridgehead atoms. The molecule has 0 amide bonds. The molecule has 1 rings (SSSR count). The first-order valence-corrected chi connectivity index (χ1v) is 2.94. The van der Waals surface area contributed by atoms with Crippen LogP contribution in [0.15, 0.2) is 0 Å². The van der Waals surface area contributed by atoms with E-state index in [1.807, 2.05) is 0 Å². The van der Waals surface area contributed by atoms with Crippen LogP contribution >= 0.6 is 0 Å². The Bertz CT molecular complexity index is 132. The molecule has 0 spiro atoms. The van der Waals surface area contributed by atoms with Crippen LogP contribution in [0.5, 0.6) is 0 Å². The van der Waals surface area contributed by atoms with Crippen LogP contribution in [-0.2, 0) is 4.79 Å². The van der Waals surface area contributed by atoms with E-state index in [1.54, 1.807) is 0 Å². The Kier molecular flexibility index (Phi) is 1.30. The SMILES string of the molecule is CC(F)(F)C(=O)C1CC1. The summed E-state index contributed by atoms with van der Waals surface area (Å²) < 4.78 is 24.1. The van der Waals surface area contributed by atoms with Gasteiger partial charge in [-0.2, -0.15) is 8.78 Å². The third-order valence-corrected chi connectivity index (χ3v) is 1.38. The maximum atomic E-state index is 12.1. The smallest absolute Gasteiger partial charge is 0.293 e. The van der Waals surface area contributed by atoms with Gasteiger partial charge >= 0.3 is 5.92 Å². The summed E-state index contributed by atoms with van der Waals surface area (Å²) in [5.74, 6) is -4.31. The Morgan fingerprint density at radius 3 is 2.11 bits per heavy atom. The van der Waals surface area contributed by atoms with E-state index in [0.29, 0.717) is 19.8 Å². The van der Waals surface area contributed by atoms with Gasteiger partial charge in [0.2, 0.25) is 5.78 Å². The highest BCUT2D eigenvalue weighted by molar-refractivity contribution is 5.89. The Morgan fingerprint density at radius 1 is 1.56 bits per heavy atom. The number of ketones is 1. The van der Waals surface area contributed by atoms with Crippen LogP contribution in [0.2, 0.25) is 0 Å². The average Bonchev–Trinajstić information content (AvgIpc) is 2.40. The minimum absolute atomic E-state index is 0.329. The zero-order valence-corrected chi connectivity index (χ0v) is 5.16. The summed E-state index contributed by atoms with van der Waals surface area (Å²) in [6, 6.07) is 0. The number of carbonyl (C=O) groups excluding carboxylic acids is 1. The van der Waals surface area contributed by atoms with Crippen LogP contribution in [-0.4, -0.2) is 11.7 Å². The molecule has 1 saturated carbocycles. The Balaban J connectivity index is 2.50. The average molecular weight is 134 g/mol. The summed E-state index contributed by atoms with van der Waals surface area (Å²) in [7, 11) is 0. The van der Waals surface area contributed by atoms with Crippen molar-refractivity contribution < 1.29 is 13.6 Å². The molecule has 0 aromatic heterocycles. The van der Waals surface area contributed by atoms with Crippen LogP contribution in [0.25, 0.3) is 0 Å². The molecule has 3 heteroatoms. The first-order chi connectivity index (χ1) is 4.02. The number of hydrogen-bond acceptors (Lipinski definition) is 1. The Hall–Kier alpha value is -0.470. The molecule has 9 heavy (non-hydrogen) atoms. The second kappa shape index (κ2) is 1.75. The standard InChI is InChI=1S/C6H8F2O/c1-6(7,8)5(9)4-2-3-4/h4H,2-3H2,1H3. The highest BCUT2D eigenvalue weighted by atomic mass is 19.3. The van der Waals surface area contributed by atoms with Crippen molar-refractivity contribution in [3.63, 3.8) is 0 Å². The number of Topliss-reactive ketones (excluding diaryl/α,β-unsaturated/α-hetero) is 1. The van der Waals surface area contributed by atoms with Gasteiger partial charge in [0, 0.05) is 12.8 Å². The summed E-state index contributed by atoms with van der Waals surface area (Å²) in [5.41, 5.74) is 0. The topological polar surface area (TPSA) is 17.1 Å². The van der Waals surface area contributed by atoms with Gasteiger partial charge in [-0.3, -0.25) is 4.79 Å². The van der Waals surface area contributed by atoms with Crippen molar-refractivity contribution in [1.29, 1.82) is 0 Å². The molecular formula is C6H8F2O. The van der Waals surface area contributed by atoms with Gasteiger partial charge in [0.05, 0.1) is 0 Å². The molecule has 0 aliphatic heterocycles. The summed E-state index contributed by atoms with van der Waals surface area (Å²) in [6.45, 7) is 0.660. The summed E-state index contributed by atoms with van der Waals surface area (Å²) in [4.78, 5) is 10.5. The van der Waals surface area contributed by atoms with Crippen molar-refractivity contribution >= 4 is 5.78 Å². The van der Waals surface area contributed by atoms with Gasteiger partial charge in [0.15, 0.2) is 0 Å². The molecule has 0 N–H and O–H groups in total. The van der Waals surface area contributed by atoms with Gasteiger partial charge < -0.3 is 0 Å². The number of alkyl halides is 2. The molecular weight excluding hydrogens is 126 g/mol. The van der Waals surface area contributed by atoms with Gasteiger partial charge in [-0.15, -0.1) is 0 Å². The predicted octanol–water partition coefficient (Wildman–Crippen LogP) is 1.62. The van der Waals surface area contributed by atoms with Gasteiger partial charge in [-0.25, -0.2) is 0 Å². The molecule has 1 aliphatic rings. The molecule has 0 unspecified atom stereocenters. The highest BCUT2D eigenvalue weighted by Gasteiger charge is 2.43. The monoisotopic (exact) mass is 134 g/mol. The summed E-state index contributed by atoms with van der Waals surface area (Å²) in [5, 5.41) is 0. The van der Waals surface area contributed by atoms with Crippen LogP contribution in [0.3, 0.4) is 0 Å². The Labute approximate surface area is 52.1 Å². The van der Waals surface area contributed by atoms with E-state index in [-0.39, 0.29) is 5.92 Å². The van der Waals surface area contributed by atoms with Crippen LogP contribution in [0.1, 0.15) is 19.8 Å². The lowest BCUT2D eigenvalue weighted by molar-refractivity contribution is -0.141. The predicted molar refractivity (Wildman–Crippen MR) is 28.4 cm³/mol. The van der Waals surface area contributed by atoms with Crippen LogP contribution in [0, 0.1) is 5.92 Å². The van der Waals surface area contributed by atoms with Gasteiger partial charge in [-0.1, -0.05) is 0 Å². The lowest BCUT2D eigenvalue weighted by Crippen LogP contribution is -2.25. The fraction of sp³-hybridized carbons (Fsp3) is 0.833. The van der Waals surface area contributed by atoms with Gasteiger partial charge in [-0.05, 0) is 12.8 Å². The van der Waals surface area contributed by atoms with E-state index in [2.05, 4.69) is 0 Å². The molecule has 1 nitrogen and oxygen atoms in total. The van der Waals surface area contributed by atoms with Crippen molar-refractivity contribution in [3.8, 4) is 0 Å². The Morgan fingerprint density at radius 2 is 2.00 bits per heavy atom. The third-order valence-electron chi connectivity index (χ3n) is 1.38. The highest BCUT2D eigenvalue weighted by Crippen LogP contribution is 2.35.